The van der Waals surface area contributed by atoms with Crippen molar-refractivity contribution in [2.75, 3.05) is 13.7 Å². The van der Waals surface area contributed by atoms with Gasteiger partial charge in [-0.05, 0) is 30.3 Å². The first-order valence-corrected chi connectivity index (χ1v) is 9.85. The van der Waals surface area contributed by atoms with Crippen molar-refractivity contribution in [3.63, 3.8) is 0 Å². The molecular weight excluding hydrogens is 454 g/mol. The number of alkyl halides is 1. The summed E-state index contributed by atoms with van der Waals surface area (Å²) in [7, 11) is 1.53. The summed E-state index contributed by atoms with van der Waals surface area (Å²) in [6, 6.07) is 12.6. The fourth-order valence-corrected chi connectivity index (χ4v) is 3.30. The van der Waals surface area contributed by atoms with Crippen LogP contribution in [0.25, 0.3) is 0 Å². The number of amides is 1. The Morgan fingerprint density at radius 1 is 1.13 bits per heavy atom. The summed E-state index contributed by atoms with van der Waals surface area (Å²) in [5.41, 5.74) is 0.328. The molecule has 1 atom stereocenters. The number of halogens is 4. The summed E-state index contributed by atoms with van der Waals surface area (Å²) in [6.07, 6.45) is -0.210. The Labute approximate surface area is 187 Å². The number of hydrogen-bond acceptors (Lipinski definition) is 4. The van der Waals surface area contributed by atoms with Gasteiger partial charge >= 0.3 is 0 Å². The van der Waals surface area contributed by atoms with Crippen molar-refractivity contribution in [2.24, 2.45) is 0 Å². The smallest absolute Gasteiger partial charge is 0.255 e. The normalized spacial score (nSPS) is 11.6. The molecule has 1 unspecified atom stereocenters. The van der Waals surface area contributed by atoms with Crippen molar-refractivity contribution in [3.05, 3.63) is 81.1 Å². The molecule has 5 nitrogen and oxygen atoms in total. The molecule has 0 aliphatic carbocycles. The van der Waals surface area contributed by atoms with Crippen LogP contribution in [0.3, 0.4) is 0 Å². The van der Waals surface area contributed by atoms with Crippen LogP contribution in [0.4, 0.5) is 4.39 Å². The van der Waals surface area contributed by atoms with E-state index < -0.39 is 12.1 Å². The highest BCUT2D eigenvalue weighted by Crippen LogP contribution is 2.30. The number of ether oxygens (including phenoxy) is 2. The van der Waals surface area contributed by atoms with Crippen molar-refractivity contribution >= 4 is 40.7 Å². The molecule has 156 valence electrons. The average molecular weight is 470 g/mol. The molecule has 9 heteroatoms. The molecule has 3 aromatic rings. The van der Waals surface area contributed by atoms with Gasteiger partial charge in [-0.3, -0.25) is 4.79 Å². The highest BCUT2D eigenvalue weighted by Gasteiger charge is 2.19. The Balaban J connectivity index is 1.75. The lowest BCUT2D eigenvalue weighted by atomic mass is 10.1. The summed E-state index contributed by atoms with van der Waals surface area (Å²) in [5.74, 6) is 0.597. The van der Waals surface area contributed by atoms with E-state index in [2.05, 4.69) is 10.3 Å². The molecule has 1 aromatic heterocycles. The van der Waals surface area contributed by atoms with Gasteiger partial charge in [-0.1, -0.05) is 46.9 Å². The van der Waals surface area contributed by atoms with E-state index in [9.17, 15) is 9.18 Å². The number of hydrogen-bond donors (Lipinski definition) is 1. The molecule has 1 heterocycles. The Hall–Kier alpha value is -2.54. The number of carbonyl (C=O) groups is 1. The van der Waals surface area contributed by atoms with E-state index in [0.29, 0.717) is 16.5 Å². The summed E-state index contributed by atoms with van der Waals surface area (Å²) in [5, 5.41) is 3.18. The van der Waals surface area contributed by atoms with E-state index in [1.54, 1.807) is 24.3 Å². The van der Waals surface area contributed by atoms with Crippen LogP contribution in [-0.4, -0.2) is 24.5 Å². The van der Waals surface area contributed by atoms with Gasteiger partial charge in [0.1, 0.15) is 22.8 Å². The molecule has 0 saturated heterocycles. The number of pyridine rings is 1. The van der Waals surface area contributed by atoms with Crippen LogP contribution in [0.2, 0.25) is 15.2 Å². The van der Waals surface area contributed by atoms with Crippen LogP contribution in [0, 0.1) is 0 Å². The van der Waals surface area contributed by atoms with Crippen molar-refractivity contribution in [1.29, 1.82) is 0 Å². The van der Waals surface area contributed by atoms with Crippen molar-refractivity contribution < 1.29 is 18.7 Å². The molecule has 2 aromatic carbocycles. The minimum Gasteiger partial charge on any atom is -0.497 e. The van der Waals surface area contributed by atoms with E-state index >= 15 is 0 Å². The van der Waals surface area contributed by atoms with E-state index in [1.165, 1.54) is 37.6 Å². The second-order valence-corrected chi connectivity index (χ2v) is 7.36. The molecular formula is C21H16Cl3FN2O3. The highest BCUT2D eigenvalue weighted by atomic mass is 35.5. The number of nitrogens with zero attached hydrogens (tertiary/aromatic N) is 1. The third-order valence-corrected chi connectivity index (χ3v) is 4.86. The van der Waals surface area contributed by atoms with Crippen molar-refractivity contribution in [2.45, 2.75) is 6.17 Å². The van der Waals surface area contributed by atoms with E-state index in [1.807, 2.05) is 0 Å². The molecule has 0 saturated carbocycles. The average Bonchev–Trinajstić information content (AvgIpc) is 2.73. The zero-order chi connectivity index (χ0) is 21.7. The zero-order valence-corrected chi connectivity index (χ0v) is 17.9. The second kappa shape index (κ2) is 9.98. The number of carbonyl (C=O) groups excluding carboxylic acids is 1. The number of benzene rings is 2. The summed E-state index contributed by atoms with van der Waals surface area (Å²) in [4.78, 5) is 16.6. The topological polar surface area (TPSA) is 60.5 Å². The number of aromatic nitrogens is 1. The SMILES string of the molecule is COc1cccc(Oc2cnc(Cl)cc2C(=O)NCC(F)c2ccc(Cl)cc2Cl)c1. The molecule has 0 bridgehead atoms. The predicted molar refractivity (Wildman–Crippen MR) is 115 cm³/mol. The van der Waals surface area contributed by atoms with Crippen LogP contribution in [0.5, 0.6) is 17.2 Å². The van der Waals surface area contributed by atoms with Crippen LogP contribution < -0.4 is 14.8 Å². The monoisotopic (exact) mass is 468 g/mol. The molecule has 0 aliphatic heterocycles. The van der Waals surface area contributed by atoms with Gasteiger partial charge in [-0.15, -0.1) is 0 Å². The molecule has 30 heavy (non-hydrogen) atoms. The quantitative estimate of drug-likeness (QED) is 0.414. The van der Waals surface area contributed by atoms with Crippen LogP contribution in [-0.2, 0) is 0 Å². The van der Waals surface area contributed by atoms with E-state index in [0.717, 1.165) is 0 Å². The molecule has 0 spiro atoms. The zero-order valence-electron chi connectivity index (χ0n) is 15.7. The van der Waals surface area contributed by atoms with Gasteiger partial charge < -0.3 is 14.8 Å². The largest absolute Gasteiger partial charge is 0.497 e. The van der Waals surface area contributed by atoms with E-state index in [4.69, 9.17) is 44.3 Å². The van der Waals surface area contributed by atoms with Gasteiger partial charge in [0.15, 0.2) is 5.75 Å². The maximum Gasteiger partial charge on any atom is 0.255 e. The number of rotatable bonds is 7. The van der Waals surface area contributed by atoms with Crippen molar-refractivity contribution in [3.8, 4) is 17.2 Å². The third-order valence-electron chi connectivity index (χ3n) is 4.09. The standard InChI is InChI=1S/C21H16Cl3FN2O3/c1-29-13-3-2-4-14(8-13)30-19-11-26-20(24)9-16(19)21(28)27-10-18(25)15-6-5-12(22)7-17(15)23/h2-9,11,18H,10H2,1H3,(H,27,28). The molecule has 1 N–H and O–H groups in total. The fourth-order valence-electron chi connectivity index (χ4n) is 2.61. The van der Waals surface area contributed by atoms with Crippen LogP contribution in [0.1, 0.15) is 22.1 Å². The summed E-state index contributed by atoms with van der Waals surface area (Å²) < 4.78 is 25.5. The Morgan fingerprint density at radius 3 is 2.63 bits per heavy atom. The minimum absolute atomic E-state index is 0.0932. The first-order valence-electron chi connectivity index (χ1n) is 8.72. The first-order chi connectivity index (χ1) is 14.4. The van der Waals surface area contributed by atoms with Crippen molar-refractivity contribution in [1.82, 2.24) is 10.3 Å². The molecule has 0 fully saturated rings. The lowest BCUT2D eigenvalue weighted by Gasteiger charge is -2.14. The number of methoxy groups -OCH3 is 1. The van der Waals surface area contributed by atoms with Gasteiger partial charge in [-0.25, -0.2) is 9.37 Å². The molecule has 0 aliphatic rings. The predicted octanol–water partition coefficient (Wildman–Crippen LogP) is 6.28. The van der Waals surface area contributed by atoms with Gasteiger partial charge in [-0.2, -0.15) is 0 Å². The molecule has 0 radical (unpaired) electrons. The number of nitrogens with one attached hydrogen (secondary N) is 1. The fraction of sp³-hybridized carbons (Fsp3) is 0.143. The van der Waals surface area contributed by atoms with Gasteiger partial charge in [0.25, 0.3) is 5.91 Å². The summed E-state index contributed by atoms with van der Waals surface area (Å²) >= 11 is 17.8. The third kappa shape index (κ3) is 5.53. The Bertz CT molecular complexity index is 1070. The highest BCUT2D eigenvalue weighted by molar-refractivity contribution is 6.35. The maximum absolute atomic E-state index is 14.6. The maximum atomic E-state index is 14.6. The second-order valence-electron chi connectivity index (χ2n) is 6.13. The van der Waals surface area contributed by atoms with Gasteiger partial charge in [0, 0.05) is 21.7 Å². The van der Waals surface area contributed by atoms with Crippen LogP contribution >= 0.6 is 34.8 Å². The molecule has 3 rings (SSSR count). The van der Waals surface area contributed by atoms with E-state index in [-0.39, 0.29) is 33.6 Å². The van der Waals surface area contributed by atoms with Gasteiger partial charge in [0.2, 0.25) is 0 Å². The lowest BCUT2D eigenvalue weighted by molar-refractivity contribution is 0.0939. The van der Waals surface area contributed by atoms with Gasteiger partial charge in [0.05, 0.1) is 25.4 Å². The minimum atomic E-state index is -1.53. The lowest BCUT2D eigenvalue weighted by Crippen LogP contribution is -2.27. The Morgan fingerprint density at radius 2 is 1.90 bits per heavy atom. The first kappa shape index (κ1) is 22.2. The Kier molecular flexibility index (Phi) is 7.37. The molecule has 1 amide bonds. The van der Waals surface area contributed by atoms with Crippen LogP contribution in [0.15, 0.2) is 54.7 Å². The summed E-state index contributed by atoms with van der Waals surface area (Å²) in [6.45, 7) is -0.307.